The van der Waals surface area contributed by atoms with Gasteiger partial charge in [0.2, 0.25) is 0 Å². The second kappa shape index (κ2) is 5.43. The molecule has 3 heteroatoms. The van der Waals surface area contributed by atoms with E-state index in [0.717, 1.165) is 30.5 Å². The van der Waals surface area contributed by atoms with Crippen molar-refractivity contribution < 1.29 is 9.90 Å². The molecule has 1 aliphatic heterocycles. The van der Waals surface area contributed by atoms with E-state index in [9.17, 15) is 9.90 Å². The predicted octanol–water partition coefficient (Wildman–Crippen LogP) is 1.63. The highest BCUT2D eigenvalue weighted by molar-refractivity contribution is 5.97. The third-order valence-corrected chi connectivity index (χ3v) is 3.22. The highest BCUT2D eigenvalue weighted by atomic mass is 16.3. The molecule has 0 saturated carbocycles. The van der Waals surface area contributed by atoms with Crippen molar-refractivity contribution in [3.05, 3.63) is 35.4 Å². The van der Waals surface area contributed by atoms with Crippen molar-refractivity contribution in [2.24, 2.45) is 0 Å². The number of benzene rings is 1. The molecule has 0 bridgehead atoms. The molecule has 1 atom stereocenters. The highest BCUT2D eigenvalue weighted by Crippen LogP contribution is 2.11. The number of likely N-dealkylation sites (tertiary alicyclic amines) is 1. The summed E-state index contributed by atoms with van der Waals surface area (Å²) in [6.45, 7) is 3.96. The number of nitrogens with zero attached hydrogens (tertiary/aromatic N) is 1. The number of piperidine rings is 1. The van der Waals surface area contributed by atoms with Crippen LogP contribution in [0.4, 0.5) is 0 Å². The van der Waals surface area contributed by atoms with Crippen LogP contribution >= 0.6 is 0 Å². The summed E-state index contributed by atoms with van der Waals surface area (Å²) in [7, 11) is 0. The van der Waals surface area contributed by atoms with Crippen LogP contribution in [0.3, 0.4) is 0 Å². The van der Waals surface area contributed by atoms with E-state index >= 15 is 0 Å². The molecule has 3 nitrogen and oxygen atoms in total. The summed E-state index contributed by atoms with van der Waals surface area (Å²) in [6, 6.07) is 7.66. The largest absolute Gasteiger partial charge is 0.392 e. The van der Waals surface area contributed by atoms with Gasteiger partial charge in [0.25, 0.3) is 0 Å². The van der Waals surface area contributed by atoms with Gasteiger partial charge in [0.1, 0.15) is 0 Å². The maximum Gasteiger partial charge on any atom is 0.176 e. The van der Waals surface area contributed by atoms with E-state index < -0.39 is 0 Å². The first-order valence-electron chi connectivity index (χ1n) is 6.15. The molecule has 1 fully saturated rings. The summed E-state index contributed by atoms with van der Waals surface area (Å²) in [5.74, 6) is 0.138. The van der Waals surface area contributed by atoms with Gasteiger partial charge in [-0.3, -0.25) is 9.69 Å². The molecular weight excluding hydrogens is 214 g/mol. The lowest BCUT2D eigenvalue weighted by Crippen LogP contribution is -2.41. The summed E-state index contributed by atoms with van der Waals surface area (Å²) in [6.07, 6.45) is 1.56. The SMILES string of the molecule is Cc1ccc(C(=O)CN2CCCC(O)C2)cc1. The zero-order valence-corrected chi connectivity index (χ0v) is 10.2. The van der Waals surface area contributed by atoms with Crippen LogP contribution in [-0.4, -0.2) is 41.5 Å². The van der Waals surface area contributed by atoms with Crippen LogP contribution in [0.1, 0.15) is 28.8 Å². The lowest BCUT2D eigenvalue weighted by atomic mass is 10.1. The number of hydrogen-bond donors (Lipinski definition) is 1. The van der Waals surface area contributed by atoms with Crippen molar-refractivity contribution in [1.29, 1.82) is 0 Å². The van der Waals surface area contributed by atoms with Gasteiger partial charge in [0, 0.05) is 12.1 Å². The number of carbonyl (C=O) groups excluding carboxylic acids is 1. The third-order valence-electron chi connectivity index (χ3n) is 3.22. The molecule has 1 aromatic carbocycles. The average Bonchev–Trinajstić information content (AvgIpc) is 2.29. The Morgan fingerprint density at radius 2 is 2.12 bits per heavy atom. The van der Waals surface area contributed by atoms with E-state index in [-0.39, 0.29) is 11.9 Å². The van der Waals surface area contributed by atoms with E-state index in [1.165, 1.54) is 0 Å². The maximum atomic E-state index is 12.0. The molecule has 0 spiro atoms. The van der Waals surface area contributed by atoms with Gasteiger partial charge < -0.3 is 5.11 Å². The van der Waals surface area contributed by atoms with Crippen molar-refractivity contribution in [1.82, 2.24) is 4.90 Å². The smallest absolute Gasteiger partial charge is 0.176 e. The molecule has 0 radical (unpaired) electrons. The second-order valence-electron chi connectivity index (χ2n) is 4.82. The third kappa shape index (κ3) is 3.38. The molecule has 0 aromatic heterocycles. The minimum atomic E-state index is -0.269. The molecule has 1 aliphatic rings. The van der Waals surface area contributed by atoms with Crippen LogP contribution in [0.5, 0.6) is 0 Å². The number of hydrogen-bond acceptors (Lipinski definition) is 3. The Bertz CT molecular complexity index is 386. The molecular formula is C14H19NO2. The quantitative estimate of drug-likeness (QED) is 0.807. The predicted molar refractivity (Wildman–Crippen MR) is 67.2 cm³/mol. The van der Waals surface area contributed by atoms with Gasteiger partial charge >= 0.3 is 0 Å². The van der Waals surface area contributed by atoms with Gasteiger partial charge in [0.15, 0.2) is 5.78 Å². The van der Waals surface area contributed by atoms with E-state index in [1.54, 1.807) is 0 Å². The maximum absolute atomic E-state index is 12.0. The van der Waals surface area contributed by atoms with Crippen LogP contribution in [0, 0.1) is 6.92 Å². The summed E-state index contributed by atoms with van der Waals surface area (Å²) < 4.78 is 0. The first-order chi connectivity index (χ1) is 8.15. The zero-order valence-electron chi connectivity index (χ0n) is 10.2. The summed E-state index contributed by atoms with van der Waals surface area (Å²) in [5, 5.41) is 9.55. The van der Waals surface area contributed by atoms with Crippen molar-refractivity contribution in [3.8, 4) is 0 Å². The van der Waals surface area contributed by atoms with E-state index in [4.69, 9.17) is 0 Å². The number of aryl methyl sites for hydroxylation is 1. The topological polar surface area (TPSA) is 40.5 Å². The summed E-state index contributed by atoms with van der Waals surface area (Å²) in [4.78, 5) is 14.0. The van der Waals surface area contributed by atoms with Gasteiger partial charge in [-0.2, -0.15) is 0 Å². The first-order valence-corrected chi connectivity index (χ1v) is 6.15. The Morgan fingerprint density at radius 3 is 2.76 bits per heavy atom. The Labute approximate surface area is 102 Å². The fourth-order valence-corrected chi connectivity index (χ4v) is 2.21. The van der Waals surface area contributed by atoms with Crippen LogP contribution in [0.15, 0.2) is 24.3 Å². The van der Waals surface area contributed by atoms with Gasteiger partial charge in [0.05, 0.1) is 12.6 Å². The van der Waals surface area contributed by atoms with E-state index in [0.29, 0.717) is 13.1 Å². The number of rotatable bonds is 3. The van der Waals surface area contributed by atoms with Gasteiger partial charge in [-0.15, -0.1) is 0 Å². The number of aliphatic hydroxyl groups is 1. The number of aliphatic hydroxyl groups excluding tert-OH is 1. The van der Waals surface area contributed by atoms with Crippen LogP contribution < -0.4 is 0 Å². The van der Waals surface area contributed by atoms with Crippen molar-refractivity contribution in [2.45, 2.75) is 25.9 Å². The van der Waals surface area contributed by atoms with Crippen molar-refractivity contribution in [3.63, 3.8) is 0 Å². The van der Waals surface area contributed by atoms with Crippen molar-refractivity contribution >= 4 is 5.78 Å². The van der Waals surface area contributed by atoms with Crippen LogP contribution in [-0.2, 0) is 0 Å². The lowest BCUT2D eigenvalue weighted by molar-refractivity contribution is 0.0634. The fraction of sp³-hybridized carbons (Fsp3) is 0.500. The zero-order chi connectivity index (χ0) is 12.3. The van der Waals surface area contributed by atoms with Gasteiger partial charge in [-0.25, -0.2) is 0 Å². The van der Waals surface area contributed by atoms with Crippen LogP contribution in [0.25, 0.3) is 0 Å². The molecule has 1 N–H and O–H groups in total. The molecule has 1 aromatic rings. The molecule has 1 unspecified atom stereocenters. The highest BCUT2D eigenvalue weighted by Gasteiger charge is 2.20. The Balaban J connectivity index is 1.94. The number of Topliss-reactive ketones (excluding diaryl/α,β-unsaturated/α-hetero) is 1. The normalized spacial score (nSPS) is 21.4. The second-order valence-corrected chi connectivity index (χ2v) is 4.82. The molecule has 2 rings (SSSR count). The molecule has 17 heavy (non-hydrogen) atoms. The Kier molecular flexibility index (Phi) is 3.92. The number of β-amino-alcohol motifs (C(OH)–C–C–N with tert-alkyl or cyclic N) is 1. The molecule has 92 valence electrons. The Hall–Kier alpha value is -1.19. The summed E-state index contributed by atoms with van der Waals surface area (Å²) >= 11 is 0. The van der Waals surface area contributed by atoms with Gasteiger partial charge in [-0.1, -0.05) is 29.8 Å². The van der Waals surface area contributed by atoms with Crippen LogP contribution in [0.2, 0.25) is 0 Å². The van der Waals surface area contributed by atoms with Crippen molar-refractivity contribution in [2.75, 3.05) is 19.6 Å². The molecule has 1 heterocycles. The molecule has 1 saturated heterocycles. The summed E-state index contributed by atoms with van der Waals surface area (Å²) in [5.41, 5.74) is 1.92. The van der Waals surface area contributed by atoms with E-state index in [1.807, 2.05) is 36.1 Å². The minimum absolute atomic E-state index is 0.138. The van der Waals surface area contributed by atoms with Gasteiger partial charge in [-0.05, 0) is 26.3 Å². The van der Waals surface area contributed by atoms with E-state index in [2.05, 4.69) is 0 Å². The first kappa shape index (κ1) is 12.3. The minimum Gasteiger partial charge on any atom is -0.392 e. The fourth-order valence-electron chi connectivity index (χ4n) is 2.21. The standard InChI is InChI=1S/C14H19NO2/c1-11-4-6-12(7-5-11)14(17)10-15-8-2-3-13(16)9-15/h4-7,13,16H,2-3,8-10H2,1H3. The average molecular weight is 233 g/mol. The molecule has 0 amide bonds. The number of ketones is 1. The lowest BCUT2D eigenvalue weighted by Gasteiger charge is -2.29. The Morgan fingerprint density at radius 1 is 1.41 bits per heavy atom. The number of carbonyl (C=O) groups is 1. The molecule has 0 aliphatic carbocycles. The monoisotopic (exact) mass is 233 g/mol.